The van der Waals surface area contributed by atoms with Crippen LogP contribution in [0.1, 0.15) is 17.4 Å². The number of carbonyl (C=O) groups excluding carboxylic acids is 1. The van der Waals surface area contributed by atoms with E-state index in [1.54, 1.807) is 11.8 Å². The van der Waals surface area contributed by atoms with Gasteiger partial charge in [-0.2, -0.15) is 0 Å². The summed E-state index contributed by atoms with van der Waals surface area (Å²) in [6.45, 7) is 2.37. The van der Waals surface area contributed by atoms with E-state index in [4.69, 9.17) is 30.5 Å². The fourth-order valence-corrected chi connectivity index (χ4v) is 4.52. The highest BCUT2D eigenvalue weighted by atomic mass is 35.5. The highest BCUT2D eigenvalue weighted by molar-refractivity contribution is 7.99. The second-order valence-corrected chi connectivity index (χ2v) is 8.33. The van der Waals surface area contributed by atoms with Crippen molar-refractivity contribution in [2.45, 2.75) is 35.3 Å². The molecule has 0 saturated carbocycles. The number of thioether (sulfide) groups is 1. The molecule has 0 aliphatic carbocycles. The van der Waals surface area contributed by atoms with Crippen molar-refractivity contribution in [3.05, 3.63) is 65.7 Å². The molecular weight excluding hydrogens is 400 g/mol. The van der Waals surface area contributed by atoms with Crippen molar-refractivity contribution in [2.24, 2.45) is 0 Å². The summed E-state index contributed by atoms with van der Waals surface area (Å²) in [4.78, 5) is 12.7. The molecule has 148 valence electrons. The van der Waals surface area contributed by atoms with E-state index >= 15 is 0 Å². The summed E-state index contributed by atoms with van der Waals surface area (Å²) in [5.41, 5.74) is 0.985. The van der Waals surface area contributed by atoms with Gasteiger partial charge in [-0.15, -0.1) is 11.6 Å². The summed E-state index contributed by atoms with van der Waals surface area (Å²) in [6.07, 6.45) is -0.918. The van der Waals surface area contributed by atoms with Crippen LogP contribution < -0.4 is 0 Å². The first-order valence-corrected chi connectivity index (χ1v) is 10.5. The van der Waals surface area contributed by atoms with Crippen molar-refractivity contribution in [1.82, 2.24) is 0 Å². The number of hydrogen-bond donors (Lipinski definition) is 0. The molecule has 0 aromatic heterocycles. The van der Waals surface area contributed by atoms with Crippen molar-refractivity contribution in [3.63, 3.8) is 0 Å². The fraction of sp³-hybridized carbons (Fsp3) is 0.381. The van der Waals surface area contributed by atoms with Crippen LogP contribution in [-0.4, -0.2) is 42.2 Å². The van der Waals surface area contributed by atoms with Gasteiger partial charge in [0.15, 0.2) is 11.9 Å². The molecule has 2 fully saturated rings. The third-order valence-electron chi connectivity index (χ3n) is 4.80. The van der Waals surface area contributed by atoms with Crippen LogP contribution in [0.25, 0.3) is 0 Å². The Hall–Kier alpha value is -1.57. The Morgan fingerprint density at radius 2 is 1.96 bits per heavy atom. The molecule has 0 N–H and O–H groups in total. The van der Waals surface area contributed by atoms with Crippen LogP contribution in [-0.2, 0) is 23.7 Å². The Morgan fingerprint density at radius 3 is 2.68 bits per heavy atom. The van der Waals surface area contributed by atoms with E-state index in [0.717, 1.165) is 10.5 Å². The molecule has 0 unspecified atom stereocenters. The molecule has 2 aromatic rings. The van der Waals surface area contributed by atoms with Gasteiger partial charge in [-0.25, -0.2) is 0 Å². The number of benzene rings is 2. The standard InChI is InChI=1S/C21H21ClO5S/c1-14-7-9-16(10-8-14)28-20-18-21(13-25-20,12-24-17(23)11-22)27-19(26-18)15-5-3-2-4-6-15/h2-10,18-20H,11-13H2,1H3/t18-,19-,20-,21+/m0/s1. The molecule has 0 spiro atoms. The summed E-state index contributed by atoms with van der Waals surface area (Å²) in [5.74, 6) is -0.692. The summed E-state index contributed by atoms with van der Waals surface area (Å²) >= 11 is 7.15. The van der Waals surface area contributed by atoms with E-state index in [1.807, 2.05) is 30.3 Å². The molecule has 2 saturated heterocycles. The minimum Gasteiger partial charge on any atom is -0.462 e. The maximum absolute atomic E-state index is 11.6. The van der Waals surface area contributed by atoms with Gasteiger partial charge in [-0.1, -0.05) is 59.8 Å². The van der Waals surface area contributed by atoms with Crippen LogP contribution >= 0.6 is 23.4 Å². The highest BCUT2D eigenvalue weighted by Gasteiger charge is 2.60. The number of hydrogen-bond acceptors (Lipinski definition) is 6. The van der Waals surface area contributed by atoms with Gasteiger partial charge in [0.1, 0.15) is 24.0 Å². The second-order valence-electron chi connectivity index (χ2n) is 6.89. The molecule has 4 rings (SSSR count). The average Bonchev–Trinajstić information content (AvgIpc) is 3.25. The highest BCUT2D eigenvalue weighted by Crippen LogP contribution is 2.48. The van der Waals surface area contributed by atoms with Gasteiger partial charge in [0.05, 0.1) is 6.61 Å². The van der Waals surface area contributed by atoms with E-state index in [0.29, 0.717) is 0 Å². The smallest absolute Gasteiger partial charge is 0.320 e. The van der Waals surface area contributed by atoms with Crippen molar-refractivity contribution >= 4 is 29.3 Å². The molecule has 2 aliphatic heterocycles. The lowest BCUT2D eigenvalue weighted by Crippen LogP contribution is -2.45. The fourth-order valence-electron chi connectivity index (χ4n) is 3.31. The molecule has 0 amide bonds. The van der Waals surface area contributed by atoms with Gasteiger partial charge in [-0.3, -0.25) is 4.79 Å². The Kier molecular flexibility index (Phi) is 5.94. The van der Waals surface area contributed by atoms with Gasteiger partial charge in [0, 0.05) is 10.5 Å². The maximum atomic E-state index is 11.6. The van der Waals surface area contributed by atoms with Crippen molar-refractivity contribution in [2.75, 3.05) is 19.1 Å². The molecule has 2 heterocycles. The van der Waals surface area contributed by atoms with E-state index in [1.165, 1.54) is 5.56 Å². The first-order chi connectivity index (χ1) is 13.6. The lowest BCUT2D eigenvalue weighted by Gasteiger charge is -2.25. The predicted molar refractivity (Wildman–Crippen MR) is 106 cm³/mol. The summed E-state index contributed by atoms with van der Waals surface area (Å²) in [5, 5.41) is 0. The number of carbonyl (C=O) groups is 1. The maximum Gasteiger partial charge on any atom is 0.320 e. The lowest BCUT2D eigenvalue weighted by atomic mass is 10.0. The van der Waals surface area contributed by atoms with E-state index in [-0.39, 0.29) is 30.6 Å². The minimum absolute atomic E-state index is 0.0392. The normalized spacial score (nSPS) is 28.9. The van der Waals surface area contributed by atoms with Crippen molar-refractivity contribution < 1.29 is 23.7 Å². The van der Waals surface area contributed by atoms with Crippen LogP contribution in [0, 0.1) is 6.92 Å². The first kappa shape index (κ1) is 19.7. The molecule has 2 aliphatic rings. The first-order valence-electron chi connectivity index (χ1n) is 9.04. The molecule has 0 radical (unpaired) electrons. The third kappa shape index (κ3) is 4.07. The van der Waals surface area contributed by atoms with E-state index in [2.05, 4.69) is 31.2 Å². The SMILES string of the molecule is Cc1ccc(S[C@@H]2OC[C@@]3(COC(=O)CCl)O[C@@H](c4ccccc4)O[C@@H]23)cc1. The largest absolute Gasteiger partial charge is 0.462 e. The zero-order valence-corrected chi connectivity index (χ0v) is 16.9. The zero-order chi connectivity index (χ0) is 19.6. The van der Waals surface area contributed by atoms with Crippen LogP contribution in [0.3, 0.4) is 0 Å². The number of alkyl halides is 1. The number of fused-ring (bicyclic) bond motifs is 1. The van der Waals surface area contributed by atoms with Gasteiger partial charge in [-0.05, 0) is 19.1 Å². The van der Waals surface area contributed by atoms with E-state index < -0.39 is 17.9 Å². The zero-order valence-electron chi connectivity index (χ0n) is 15.4. The molecule has 7 heteroatoms. The lowest BCUT2D eigenvalue weighted by molar-refractivity contribution is -0.159. The topological polar surface area (TPSA) is 54.0 Å². The predicted octanol–water partition coefficient (Wildman–Crippen LogP) is 4.08. The van der Waals surface area contributed by atoms with Crippen molar-refractivity contribution in [3.8, 4) is 0 Å². The molecule has 28 heavy (non-hydrogen) atoms. The van der Waals surface area contributed by atoms with Gasteiger partial charge in [0.2, 0.25) is 0 Å². The number of esters is 1. The average molecular weight is 421 g/mol. The Morgan fingerprint density at radius 1 is 1.21 bits per heavy atom. The Bertz CT molecular complexity index is 815. The van der Waals surface area contributed by atoms with Gasteiger partial charge in [0.25, 0.3) is 0 Å². The number of aryl methyl sites for hydroxylation is 1. The van der Waals surface area contributed by atoms with Gasteiger partial charge >= 0.3 is 5.97 Å². The number of ether oxygens (including phenoxy) is 4. The van der Waals surface area contributed by atoms with Crippen LogP contribution in [0.15, 0.2) is 59.5 Å². The molecule has 5 nitrogen and oxygen atoms in total. The second kappa shape index (κ2) is 8.43. The van der Waals surface area contributed by atoms with Gasteiger partial charge < -0.3 is 18.9 Å². The summed E-state index contributed by atoms with van der Waals surface area (Å²) in [7, 11) is 0. The van der Waals surface area contributed by atoms with Crippen LogP contribution in [0.4, 0.5) is 0 Å². The summed E-state index contributed by atoms with van der Waals surface area (Å²) in [6, 6.07) is 18.0. The van der Waals surface area contributed by atoms with Crippen LogP contribution in [0.2, 0.25) is 0 Å². The quantitative estimate of drug-likeness (QED) is 0.518. The Labute approximate surface area is 173 Å². The molecule has 2 aromatic carbocycles. The third-order valence-corrected chi connectivity index (χ3v) is 6.18. The molecule has 4 atom stereocenters. The minimum atomic E-state index is -0.857. The number of halogens is 1. The number of rotatable bonds is 6. The molecule has 0 bridgehead atoms. The van der Waals surface area contributed by atoms with E-state index in [9.17, 15) is 4.79 Å². The monoisotopic (exact) mass is 420 g/mol. The van der Waals surface area contributed by atoms with Crippen LogP contribution in [0.5, 0.6) is 0 Å². The Balaban J connectivity index is 1.55. The summed E-state index contributed by atoms with van der Waals surface area (Å²) < 4.78 is 23.8. The molecular formula is C21H21ClO5S. The van der Waals surface area contributed by atoms with Crippen molar-refractivity contribution in [1.29, 1.82) is 0 Å².